The first-order valence-corrected chi connectivity index (χ1v) is 7.43. The number of aromatic nitrogens is 3. The van der Waals surface area contributed by atoms with Crippen LogP contribution in [-0.4, -0.2) is 15.0 Å². The van der Waals surface area contributed by atoms with E-state index in [1.54, 1.807) is 0 Å². The van der Waals surface area contributed by atoms with E-state index >= 15 is 0 Å². The molecule has 0 saturated carbocycles. The van der Waals surface area contributed by atoms with E-state index in [4.69, 9.17) is 0 Å². The van der Waals surface area contributed by atoms with Crippen molar-refractivity contribution in [3.63, 3.8) is 0 Å². The molecule has 0 fully saturated rings. The van der Waals surface area contributed by atoms with Gasteiger partial charge in [0.25, 0.3) is 0 Å². The molecular weight excluding hydrogens is 270 g/mol. The molecule has 1 aromatic heterocycles. The van der Waals surface area contributed by atoms with Crippen molar-refractivity contribution in [3.05, 3.63) is 77.9 Å². The van der Waals surface area contributed by atoms with Crippen LogP contribution >= 0.6 is 0 Å². The number of para-hydroxylation sites is 1. The van der Waals surface area contributed by atoms with Gasteiger partial charge < -0.3 is 0 Å². The molecule has 0 saturated heterocycles. The smallest absolute Gasteiger partial charge is 0.114 e. The quantitative estimate of drug-likeness (QED) is 0.465. The van der Waals surface area contributed by atoms with Crippen LogP contribution in [0.25, 0.3) is 27.8 Å². The van der Waals surface area contributed by atoms with Crippen LogP contribution in [0.4, 0.5) is 0 Å². The summed E-state index contributed by atoms with van der Waals surface area (Å²) in [4.78, 5) is 0. The highest BCUT2D eigenvalue weighted by Crippen LogP contribution is 2.40. The Bertz CT molecular complexity index is 1000. The lowest BCUT2D eigenvalue weighted by Crippen LogP contribution is -1.98. The third kappa shape index (κ3) is 1.51. The maximum absolute atomic E-state index is 4.37. The maximum Gasteiger partial charge on any atom is 0.114 e. The second-order valence-corrected chi connectivity index (χ2v) is 5.63. The van der Waals surface area contributed by atoms with Crippen molar-refractivity contribution in [1.82, 2.24) is 15.0 Å². The van der Waals surface area contributed by atoms with E-state index in [0.29, 0.717) is 0 Å². The van der Waals surface area contributed by atoms with Gasteiger partial charge in [0.05, 0.1) is 11.2 Å². The molecule has 0 aliphatic heterocycles. The number of fused-ring (bicyclic) bond motifs is 5. The molecule has 0 radical (unpaired) electrons. The molecule has 0 unspecified atom stereocenters. The van der Waals surface area contributed by atoms with Gasteiger partial charge in [-0.1, -0.05) is 53.7 Å². The molecule has 0 bridgehead atoms. The molecule has 0 N–H and O–H groups in total. The lowest BCUT2D eigenvalue weighted by Gasteiger charge is -2.06. The average Bonchev–Trinajstić information content (AvgIpc) is 3.16. The van der Waals surface area contributed by atoms with Gasteiger partial charge in [0.1, 0.15) is 5.52 Å². The van der Waals surface area contributed by atoms with Crippen LogP contribution in [0.2, 0.25) is 0 Å². The van der Waals surface area contributed by atoms with Gasteiger partial charge in [-0.2, -0.15) is 0 Å². The summed E-state index contributed by atoms with van der Waals surface area (Å²) in [5.41, 5.74) is 8.48. The zero-order valence-electron chi connectivity index (χ0n) is 11.9. The van der Waals surface area contributed by atoms with Gasteiger partial charge >= 0.3 is 0 Å². The van der Waals surface area contributed by atoms with E-state index in [-0.39, 0.29) is 0 Å². The minimum absolute atomic E-state index is 0.947. The van der Waals surface area contributed by atoms with Gasteiger partial charge in [-0.05, 0) is 40.5 Å². The average molecular weight is 283 g/mol. The van der Waals surface area contributed by atoms with Crippen molar-refractivity contribution in [2.24, 2.45) is 0 Å². The molecule has 1 aliphatic carbocycles. The Balaban J connectivity index is 1.83. The number of nitrogens with zero attached hydrogens (tertiary/aromatic N) is 3. The lowest BCUT2D eigenvalue weighted by atomic mass is 10.0. The summed E-state index contributed by atoms with van der Waals surface area (Å²) in [6, 6.07) is 23.1. The number of benzene rings is 3. The van der Waals surface area contributed by atoms with Crippen molar-refractivity contribution in [1.29, 1.82) is 0 Å². The Morgan fingerprint density at radius 2 is 1.59 bits per heavy atom. The van der Waals surface area contributed by atoms with Gasteiger partial charge in [-0.15, -0.1) is 5.10 Å². The summed E-state index contributed by atoms with van der Waals surface area (Å²) >= 11 is 0. The van der Waals surface area contributed by atoms with Crippen molar-refractivity contribution in [2.45, 2.75) is 6.42 Å². The third-order valence-corrected chi connectivity index (χ3v) is 4.39. The Morgan fingerprint density at radius 3 is 2.50 bits per heavy atom. The van der Waals surface area contributed by atoms with Gasteiger partial charge in [0, 0.05) is 6.42 Å². The monoisotopic (exact) mass is 283 g/mol. The largest absolute Gasteiger partial charge is 0.213 e. The standard InChI is InChI=1S/C19H13N3/c1-2-7-14(8-3-1)22-19-17-12-13-6-4-5-9-15(13)16(17)10-11-18(19)20-21-22/h1-11H,12H2. The SMILES string of the molecule is c1ccc(-n2nnc3ccc4c(c32)Cc2ccccc2-4)cc1. The Labute approximate surface area is 127 Å². The van der Waals surface area contributed by atoms with Crippen LogP contribution in [0.15, 0.2) is 66.7 Å². The summed E-state index contributed by atoms with van der Waals surface area (Å²) in [5.74, 6) is 0. The van der Waals surface area contributed by atoms with Crippen molar-refractivity contribution in [2.75, 3.05) is 0 Å². The number of hydrogen-bond donors (Lipinski definition) is 0. The first-order valence-electron chi connectivity index (χ1n) is 7.43. The fourth-order valence-electron chi connectivity index (χ4n) is 3.39. The molecule has 3 aromatic carbocycles. The first-order chi connectivity index (χ1) is 10.9. The lowest BCUT2D eigenvalue weighted by molar-refractivity contribution is 0.822. The van der Waals surface area contributed by atoms with Crippen LogP contribution < -0.4 is 0 Å². The molecule has 104 valence electrons. The van der Waals surface area contributed by atoms with E-state index in [1.165, 1.54) is 22.3 Å². The molecule has 0 amide bonds. The predicted molar refractivity (Wildman–Crippen MR) is 87.1 cm³/mol. The van der Waals surface area contributed by atoms with E-state index in [1.807, 2.05) is 22.9 Å². The fourth-order valence-corrected chi connectivity index (χ4v) is 3.39. The van der Waals surface area contributed by atoms with Gasteiger partial charge in [-0.25, -0.2) is 4.68 Å². The van der Waals surface area contributed by atoms with Gasteiger partial charge in [0.2, 0.25) is 0 Å². The van der Waals surface area contributed by atoms with E-state index in [2.05, 4.69) is 58.8 Å². The van der Waals surface area contributed by atoms with E-state index in [0.717, 1.165) is 23.1 Å². The second kappa shape index (κ2) is 4.28. The molecule has 3 nitrogen and oxygen atoms in total. The molecule has 0 atom stereocenters. The molecular formula is C19H13N3. The molecule has 0 spiro atoms. The Morgan fingerprint density at radius 1 is 0.773 bits per heavy atom. The first kappa shape index (κ1) is 11.7. The second-order valence-electron chi connectivity index (χ2n) is 5.63. The number of rotatable bonds is 1. The minimum atomic E-state index is 0.947. The van der Waals surface area contributed by atoms with Crippen LogP contribution in [0, 0.1) is 0 Å². The van der Waals surface area contributed by atoms with Crippen LogP contribution in [0.5, 0.6) is 0 Å². The molecule has 1 aliphatic rings. The van der Waals surface area contributed by atoms with Crippen molar-refractivity contribution < 1.29 is 0 Å². The molecule has 3 heteroatoms. The fraction of sp³-hybridized carbons (Fsp3) is 0.0526. The minimum Gasteiger partial charge on any atom is -0.213 e. The molecule has 1 heterocycles. The Kier molecular flexibility index (Phi) is 2.27. The topological polar surface area (TPSA) is 30.7 Å². The Hall–Kier alpha value is -2.94. The predicted octanol–water partition coefficient (Wildman–Crippen LogP) is 3.99. The highest BCUT2D eigenvalue weighted by molar-refractivity contribution is 5.91. The maximum atomic E-state index is 4.37. The molecule has 5 rings (SSSR count). The number of hydrogen-bond acceptors (Lipinski definition) is 2. The summed E-state index contributed by atoms with van der Waals surface area (Å²) in [6.45, 7) is 0. The van der Waals surface area contributed by atoms with Crippen LogP contribution in [0.3, 0.4) is 0 Å². The summed E-state index contributed by atoms with van der Waals surface area (Å²) in [5, 5.41) is 8.72. The summed E-state index contributed by atoms with van der Waals surface area (Å²) < 4.78 is 1.96. The van der Waals surface area contributed by atoms with Gasteiger partial charge in [-0.3, -0.25) is 0 Å². The van der Waals surface area contributed by atoms with Crippen LogP contribution in [-0.2, 0) is 6.42 Å². The summed E-state index contributed by atoms with van der Waals surface area (Å²) in [6.07, 6.45) is 0.947. The zero-order chi connectivity index (χ0) is 14.5. The van der Waals surface area contributed by atoms with Crippen molar-refractivity contribution >= 4 is 11.0 Å². The van der Waals surface area contributed by atoms with Crippen LogP contribution in [0.1, 0.15) is 11.1 Å². The molecule has 4 aromatic rings. The zero-order valence-corrected chi connectivity index (χ0v) is 11.9. The normalized spacial score (nSPS) is 12.4. The van der Waals surface area contributed by atoms with Gasteiger partial charge in [0.15, 0.2) is 0 Å². The third-order valence-electron chi connectivity index (χ3n) is 4.39. The highest BCUT2D eigenvalue weighted by atomic mass is 15.4. The highest BCUT2D eigenvalue weighted by Gasteiger charge is 2.23. The van der Waals surface area contributed by atoms with E-state index < -0.39 is 0 Å². The summed E-state index contributed by atoms with van der Waals surface area (Å²) in [7, 11) is 0. The van der Waals surface area contributed by atoms with Crippen molar-refractivity contribution in [3.8, 4) is 16.8 Å². The van der Waals surface area contributed by atoms with E-state index in [9.17, 15) is 0 Å². The molecule has 22 heavy (non-hydrogen) atoms.